The first-order chi connectivity index (χ1) is 9.70. The van der Waals surface area contributed by atoms with Crippen molar-refractivity contribution < 1.29 is 9.53 Å². The van der Waals surface area contributed by atoms with E-state index < -0.39 is 0 Å². The van der Waals surface area contributed by atoms with Gasteiger partial charge in [-0.25, -0.2) is 0 Å². The number of halogens is 1. The number of hydrogen-bond donors (Lipinski definition) is 2. The van der Waals surface area contributed by atoms with E-state index in [9.17, 15) is 4.79 Å². The van der Waals surface area contributed by atoms with E-state index in [1.165, 1.54) is 0 Å². The molecule has 1 unspecified atom stereocenters. The number of benzene rings is 1. The fourth-order valence-corrected chi connectivity index (χ4v) is 2.71. The van der Waals surface area contributed by atoms with Gasteiger partial charge in [-0.15, -0.1) is 12.4 Å². The molecule has 1 fully saturated rings. The van der Waals surface area contributed by atoms with Crippen LogP contribution in [0.15, 0.2) is 30.3 Å². The lowest BCUT2D eigenvalue weighted by molar-refractivity contribution is -0.126. The molecule has 4 nitrogen and oxygen atoms in total. The number of ether oxygens (including phenoxy) is 1. The minimum atomic E-state index is -0.0840. The highest BCUT2D eigenvalue weighted by molar-refractivity contribution is 5.85. The van der Waals surface area contributed by atoms with E-state index in [2.05, 4.69) is 17.6 Å². The number of methoxy groups -OCH3 is 1. The van der Waals surface area contributed by atoms with Crippen molar-refractivity contribution >= 4 is 18.3 Å². The molecule has 1 heterocycles. The molecule has 3 atom stereocenters. The van der Waals surface area contributed by atoms with Gasteiger partial charge in [-0.05, 0) is 31.9 Å². The monoisotopic (exact) mass is 312 g/mol. The molecule has 5 heteroatoms. The molecule has 118 valence electrons. The number of piperidine rings is 1. The van der Waals surface area contributed by atoms with Crippen molar-refractivity contribution in [2.24, 2.45) is 5.92 Å². The van der Waals surface area contributed by atoms with Crippen LogP contribution in [0.4, 0.5) is 0 Å². The van der Waals surface area contributed by atoms with Crippen LogP contribution in [0, 0.1) is 5.92 Å². The van der Waals surface area contributed by atoms with E-state index in [1.54, 1.807) is 7.11 Å². The quantitative estimate of drug-likeness (QED) is 0.877. The maximum absolute atomic E-state index is 12.2. The van der Waals surface area contributed by atoms with Gasteiger partial charge in [0.05, 0.1) is 6.10 Å². The maximum Gasteiger partial charge on any atom is 0.223 e. The van der Waals surface area contributed by atoms with Crippen molar-refractivity contribution in [3.63, 3.8) is 0 Å². The molecule has 1 aromatic carbocycles. The van der Waals surface area contributed by atoms with Gasteiger partial charge in [0.2, 0.25) is 5.91 Å². The Kier molecular flexibility index (Phi) is 7.72. The highest BCUT2D eigenvalue weighted by atomic mass is 35.5. The molecule has 0 saturated carbocycles. The predicted octanol–water partition coefficient (Wildman–Crippen LogP) is 2.30. The average molecular weight is 313 g/mol. The zero-order valence-electron chi connectivity index (χ0n) is 12.7. The van der Waals surface area contributed by atoms with Gasteiger partial charge in [0.15, 0.2) is 0 Å². The molecule has 1 saturated heterocycles. The highest BCUT2D eigenvalue weighted by Gasteiger charge is 2.25. The first kappa shape index (κ1) is 18.0. The lowest BCUT2D eigenvalue weighted by Gasteiger charge is -2.27. The Morgan fingerprint density at radius 3 is 2.76 bits per heavy atom. The van der Waals surface area contributed by atoms with E-state index in [4.69, 9.17) is 4.74 Å². The third-order valence-corrected chi connectivity index (χ3v) is 3.91. The molecule has 0 aromatic heterocycles. The fourth-order valence-electron chi connectivity index (χ4n) is 2.71. The van der Waals surface area contributed by atoms with Crippen molar-refractivity contribution in [1.82, 2.24) is 10.6 Å². The standard InChI is InChI=1S/C16H24N2O2.ClH/c1-12-10-14(8-9-17-12)16(19)18-11-15(20-2)13-6-4-3-5-7-13;/h3-7,12,14-15,17H,8-11H2,1-2H3,(H,18,19);1H/t12-,14-,15?;/m0./s1. The summed E-state index contributed by atoms with van der Waals surface area (Å²) in [6, 6.07) is 10.4. The SMILES string of the molecule is COC(CNC(=O)[C@H]1CCN[C@@H](C)C1)c1ccccc1.Cl. The second kappa shape index (κ2) is 9.03. The summed E-state index contributed by atoms with van der Waals surface area (Å²) in [5.41, 5.74) is 1.09. The summed E-state index contributed by atoms with van der Waals surface area (Å²) < 4.78 is 5.47. The van der Waals surface area contributed by atoms with Gasteiger partial charge in [0.25, 0.3) is 0 Å². The highest BCUT2D eigenvalue weighted by Crippen LogP contribution is 2.18. The summed E-state index contributed by atoms with van der Waals surface area (Å²) in [4.78, 5) is 12.2. The Balaban J connectivity index is 0.00000220. The minimum absolute atomic E-state index is 0. The van der Waals surface area contributed by atoms with Crippen LogP contribution in [0.1, 0.15) is 31.4 Å². The van der Waals surface area contributed by atoms with Gasteiger partial charge < -0.3 is 15.4 Å². The summed E-state index contributed by atoms with van der Waals surface area (Å²) in [6.07, 6.45) is 1.74. The van der Waals surface area contributed by atoms with Crippen LogP contribution >= 0.6 is 12.4 Å². The summed E-state index contributed by atoms with van der Waals surface area (Å²) in [7, 11) is 1.68. The normalized spacial score (nSPS) is 23.0. The molecule has 2 N–H and O–H groups in total. The van der Waals surface area contributed by atoms with Gasteiger partial charge in [0, 0.05) is 25.6 Å². The van der Waals surface area contributed by atoms with Crippen LogP contribution in [0.2, 0.25) is 0 Å². The van der Waals surface area contributed by atoms with E-state index >= 15 is 0 Å². The molecule has 0 radical (unpaired) electrons. The van der Waals surface area contributed by atoms with Gasteiger partial charge in [0.1, 0.15) is 0 Å². The molecule has 1 aromatic rings. The number of amides is 1. The van der Waals surface area contributed by atoms with Gasteiger partial charge >= 0.3 is 0 Å². The minimum Gasteiger partial charge on any atom is -0.375 e. The molecule has 0 spiro atoms. The first-order valence-electron chi connectivity index (χ1n) is 7.29. The number of carbonyl (C=O) groups is 1. The van der Waals surface area contributed by atoms with Crippen molar-refractivity contribution in [2.45, 2.75) is 31.9 Å². The van der Waals surface area contributed by atoms with Gasteiger partial charge in [-0.2, -0.15) is 0 Å². The number of carbonyl (C=O) groups excluding carboxylic acids is 1. The molecule has 0 bridgehead atoms. The second-order valence-corrected chi connectivity index (χ2v) is 5.46. The maximum atomic E-state index is 12.2. The summed E-state index contributed by atoms with van der Waals surface area (Å²) in [6.45, 7) is 3.57. The van der Waals surface area contributed by atoms with Crippen molar-refractivity contribution in [1.29, 1.82) is 0 Å². The first-order valence-corrected chi connectivity index (χ1v) is 7.29. The molecular formula is C16H25ClN2O2. The van der Waals surface area contributed by atoms with Crippen LogP contribution in [0.5, 0.6) is 0 Å². The lowest BCUT2D eigenvalue weighted by atomic mass is 9.92. The van der Waals surface area contributed by atoms with Crippen LogP contribution in [-0.4, -0.2) is 32.1 Å². The molecule has 1 amide bonds. The third-order valence-electron chi connectivity index (χ3n) is 3.91. The van der Waals surface area contributed by atoms with Crippen LogP contribution < -0.4 is 10.6 Å². The zero-order valence-corrected chi connectivity index (χ0v) is 13.5. The molecule has 2 rings (SSSR count). The summed E-state index contributed by atoms with van der Waals surface area (Å²) in [5.74, 6) is 0.274. The Hall–Kier alpha value is -1.10. The Morgan fingerprint density at radius 1 is 1.43 bits per heavy atom. The Bertz CT molecular complexity index is 428. The third kappa shape index (κ3) is 5.30. The lowest BCUT2D eigenvalue weighted by Crippen LogP contribution is -2.43. The van der Waals surface area contributed by atoms with Gasteiger partial charge in [-0.3, -0.25) is 4.79 Å². The Morgan fingerprint density at radius 2 is 2.14 bits per heavy atom. The van der Waals surface area contributed by atoms with E-state index in [0.717, 1.165) is 24.9 Å². The summed E-state index contributed by atoms with van der Waals surface area (Å²) in [5, 5.41) is 6.39. The second-order valence-electron chi connectivity index (χ2n) is 5.46. The molecule has 1 aliphatic rings. The molecule has 1 aliphatic heterocycles. The van der Waals surface area contributed by atoms with E-state index in [-0.39, 0.29) is 30.3 Å². The molecular weight excluding hydrogens is 288 g/mol. The van der Waals surface area contributed by atoms with E-state index in [0.29, 0.717) is 12.6 Å². The average Bonchev–Trinajstić information content (AvgIpc) is 2.49. The number of nitrogens with one attached hydrogen (secondary N) is 2. The molecule has 21 heavy (non-hydrogen) atoms. The largest absolute Gasteiger partial charge is 0.375 e. The smallest absolute Gasteiger partial charge is 0.223 e. The summed E-state index contributed by atoms with van der Waals surface area (Å²) >= 11 is 0. The van der Waals surface area contributed by atoms with E-state index in [1.807, 2.05) is 30.3 Å². The topological polar surface area (TPSA) is 50.4 Å². The van der Waals surface area contributed by atoms with Crippen molar-refractivity contribution in [3.05, 3.63) is 35.9 Å². The zero-order chi connectivity index (χ0) is 14.4. The predicted molar refractivity (Wildman–Crippen MR) is 86.6 cm³/mol. The van der Waals surface area contributed by atoms with Gasteiger partial charge in [-0.1, -0.05) is 30.3 Å². The van der Waals surface area contributed by atoms with Crippen molar-refractivity contribution in [2.75, 3.05) is 20.2 Å². The number of hydrogen-bond acceptors (Lipinski definition) is 3. The van der Waals surface area contributed by atoms with Crippen LogP contribution in [-0.2, 0) is 9.53 Å². The van der Waals surface area contributed by atoms with Crippen molar-refractivity contribution in [3.8, 4) is 0 Å². The number of rotatable bonds is 5. The molecule has 0 aliphatic carbocycles. The Labute approximate surface area is 133 Å². The van der Waals surface area contributed by atoms with Crippen LogP contribution in [0.25, 0.3) is 0 Å². The fraction of sp³-hybridized carbons (Fsp3) is 0.562. The van der Waals surface area contributed by atoms with Crippen LogP contribution in [0.3, 0.4) is 0 Å².